The lowest BCUT2D eigenvalue weighted by molar-refractivity contribution is -0.132. The third-order valence-electron chi connectivity index (χ3n) is 5.85. The van der Waals surface area contributed by atoms with Crippen LogP contribution in [0.3, 0.4) is 0 Å². The molecule has 0 aromatic heterocycles. The monoisotopic (exact) mass is 495 g/mol. The average Bonchev–Trinajstić information content (AvgIpc) is 3.05. The Morgan fingerprint density at radius 1 is 0.882 bits per heavy atom. The van der Waals surface area contributed by atoms with Crippen LogP contribution < -0.4 is 4.90 Å². The number of anilines is 1. The molecule has 3 aromatic rings. The topological polar surface area (TPSA) is 77.8 Å². The summed E-state index contributed by atoms with van der Waals surface area (Å²) in [6, 6.07) is 17.1. The lowest BCUT2D eigenvalue weighted by atomic mass is 9.85. The van der Waals surface area contributed by atoms with Gasteiger partial charge in [0.25, 0.3) is 11.7 Å². The number of benzene rings is 3. The molecule has 4 rings (SSSR count). The third-order valence-corrected chi connectivity index (χ3v) is 6.34. The maximum atomic E-state index is 13.2. The first-order valence-electron chi connectivity index (χ1n) is 10.6. The van der Waals surface area contributed by atoms with Crippen molar-refractivity contribution in [3.8, 4) is 5.75 Å². The van der Waals surface area contributed by atoms with Gasteiger partial charge in [-0.15, -0.1) is 0 Å². The molecule has 1 aliphatic rings. The number of phenols is 1. The van der Waals surface area contributed by atoms with Crippen molar-refractivity contribution < 1.29 is 19.8 Å². The van der Waals surface area contributed by atoms with Gasteiger partial charge in [-0.1, -0.05) is 68.2 Å². The summed E-state index contributed by atoms with van der Waals surface area (Å²) >= 11 is 12.1. The molecule has 0 aliphatic carbocycles. The van der Waals surface area contributed by atoms with Crippen LogP contribution in [0.25, 0.3) is 5.76 Å². The quantitative estimate of drug-likeness (QED) is 0.243. The molecule has 0 radical (unpaired) electrons. The smallest absolute Gasteiger partial charge is 0.300 e. The molecule has 0 spiro atoms. The number of carbonyl (C=O) groups is 2. The van der Waals surface area contributed by atoms with Crippen molar-refractivity contribution in [2.75, 3.05) is 4.90 Å². The summed E-state index contributed by atoms with van der Waals surface area (Å²) in [5.41, 5.74) is 1.90. The Balaban J connectivity index is 1.96. The molecule has 1 amide bonds. The fourth-order valence-electron chi connectivity index (χ4n) is 4.01. The number of ketones is 1. The van der Waals surface area contributed by atoms with Gasteiger partial charge in [0.1, 0.15) is 11.5 Å². The van der Waals surface area contributed by atoms with Gasteiger partial charge in [-0.3, -0.25) is 14.5 Å². The predicted molar refractivity (Wildman–Crippen MR) is 134 cm³/mol. The summed E-state index contributed by atoms with van der Waals surface area (Å²) in [4.78, 5) is 27.6. The van der Waals surface area contributed by atoms with Gasteiger partial charge < -0.3 is 10.2 Å². The Kier molecular flexibility index (Phi) is 6.19. The summed E-state index contributed by atoms with van der Waals surface area (Å²) in [6.45, 7) is 6.25. The first-order chi connectivity index (χ1) is 16.0. The summed E-state index contributed by atoms with van der Waals surface area (Å²) < 4.78 is 0. The number of hydrogen-bond donors (Lipinski definition) is 2. The van der Waals surface area contributed by atoms with Crippen LogP contribution in [0.5, 0.6) is 5.75 Å². The van der Waals surface area contributed by atoms with E-state index in [1.54, 1.807) is 24.3 Å². The number of Topliss-reactive ketones (excluding diaryl/α,β-unsaturated/α-hetero) is 1. The summed E-state index contributed by atoms with van der Waals surface area (Å²) in [5, 5.41) is 22.4. The van der Waals surface area contributed by atoms with Gasteiger partial charge in [-0.05, 0) is 59.0 Å². The number of aliphatic hydroxyl groups is 1. The fourth-order valence-corrected chi connectivity index (χ4v) is 4.31. The molecular weight excluding hydrogens is 473 g/mol. The normalized spacial score (nSPS) is 17.9. The Labute approximate surface area is 207 Å². The van der Waals surface area contributed by atoms with Crippen LogP contribution in [-0.4, -0.2) is 21.9 Å². The molecule has 1 unspecified atom stereocenters. The lowest BCUT2D eigenvalue weighted by Gasteiger charge is -2.27. The van der Waals surface area contributed by atoms with Crippen molar-refractivity contribution in [2.24, 2.45) is 0 Å². The zero-order valence-electron chi connectivity index (χ0n) is 18.8. The first-order valence-corrected chi connectivity index (χ1v) is 11.4. The molecule has 0 saturated carbocycles. The van der Waals surface area contributed by atoms with Crippen molar-refractivity contribution in [2.45, 2.75) is 32.2 Å². The maximum absolute atomic E-state index is 13.2. The molecule has 2 N–H and O–H groups in total. The van der Waals surface area contributed by atoms with Gasteiger partial charge in [-0.25, -0.2) is 0 Å². The summed E-state index contributed by atoms with van der Waals surface area (Å²) in [5.74, 6) is -2.28. The van der Waals surface area contributed by atoms with Crippen LogP contribution in [0, 0.1) is 0 Å². The van der Waals surface area contributed by atoms with Crippen LogP contribution in [0.1, 0.15) is 43.5 Å². The Morgan fingerprint density at radius 2 is 1.47 bits per heavy atom. The van der Waals surface area contributed by atoms with E-state index in [2.05, 4.69) is 20.8 Å². The van der Waals surface area contributed by atoms with Crippen LogP contribution in [0.2, 0.25) is 10.0 Å². The maximum Gasteiger partial charge on any atom is 0.300 e. The van der Waals surface area contributed by atoms with Gasteiger partial charge in [0, 0.05) is 15.6 Å². The highest BCUT2D eigenvalue weighted by Crippen LogP contribution is 2.45. The number of rotatable bonds is 3. The number of halogens is 2. The molecule has 174 valence electrons. The number of aromatic hydroxyl groups is 1. The van der Waals surface area contributed by atoms with E-state index in [0.29, 0.717) is 16.1 Å². The Hall–Kier alpha value is -3.28. The van der Waals surface area contributed by atoms with Crippen molar-refractivity contribution in [3.63, 3.8) is 0 Å². The van der Waals surface area contributed by atoms with E-state index in [-0.39, 0.29) is 33.2 Å². The van der Waals surface area contributed by atoms with E-state index in [1.165, 1.54) is 23.1 Å². The van der Waals surface area contributed by atoms with Gasteiger partial charge in [0.05, 0.1) is 17.3 Å². The molecule has 3 aromatic carbocycles. The van der Waals surface area contributed by atoms with Crippen LogP contribution in [0.15, 0.2) is 72.3 Å². The minimum Gasteiger partial charge on any atom is -0.507 e. The Morgan fingerprint density at radius 3 is 2.06 bits per heavy atom. The molecular formula is C27H23Cl2NO4. The van der Waals surface area contributed by atoms with Crippen molar-refractivity contribution in [1.82, 2.24) is 0 Å². The molecule has 1 fully saturated rings. The van der Waals surface area contributed by atoms with Crippen molar-refractivity contribution in [1.29, 1.82) is 0 Å². The minimum absolute atomic E-state index is 0.0784. The highest BCUT2D eigenvalue weighted by Gasteiger charge is 2.47. The number of aliphatic hydroxyl groups excluding tert-OH is 1. The van der Waals surface area contributed by atoms with Crippen LogP contribution >= 0.6 is 23.2 Å². The third kappa shape index (κ3) is 4.29. The number of nitrogens with zero attached hydrogens (tertiary/aromatic N) is 1. The van der Waals surface area contributed by atoms with Gasteiger partial charge >= 0.3 is 0 Å². The standard InChI is InChI=1S/C27H23Cl2NO4/c1-27(2,3)17-8-4-15(5-9-17)23-22(24(32)16-6-10-18(28)11-7-16)25(33)26(34)30(23)20-14-19(29)12-13-21(20)31/h4-14,23,31-32H,1-3H3/b24-22+. The van der Waals surface area contributed by atoms with E-state index in [1.807, 2.05) is 24.3 Å². The van der Waals surface area contributed by atoms with Crippen molar-refractivity contribution >= 4 is 46.3 Å². The van der Waals surface area contributed by atoms with Gasteiger partial charge in [0.2, 0.25) is 0 Å². The largest absolute Gasteiger partial charge is 0.507 e. The van der Waals surface area contributed by atoms with Crippen molar-refractivity contribution in [3.05, 3.63) is 99.0 Å². The molecule has 1 heterocycles. The van der Waals surface area contributed by atoms with E-state index < -0.39 is 17.7 Å². The number of carbonyl (C=O) groups excluding carboxylic acids is 2. The second kappa shape index (κ2) is 8.82. The Bertz CT molecular complexity index is 1310. The highest BCUT2D eigenvalue weighted by molar-refractivity contribution is 6.52. The van der Waals surface area contributed by atoms with Gasteiger partial charge in [0.15, 0.2) is 0 Å². The summed E-state index contributed by atoms with van der Waals surface area (Å²) in [7, 11) is 0. The molecule has 1 atom stereocenters. The first kappa shape index (κ1) is 23.9. The number of phenolic OH excluding ortho intramolecular Hbond substituents is 1. The van der Waals surface area contributed by atoms with E-state index >= 15 is 0 Å². The fraction of sp³-hybridized carbons (Fsp3) is 0.185. The number of amides is 1. The minimum atomic E-state index is -0.978. The lowest BCUT2D eigenvalue weighted by Crippen LogP contribution is -2.29. The zero-order valence-corrected chi connectivity index (χ0v) is 20.4. The molecule has 0 bridgehead atoms. The van der Waals surface area contributed by atoms with Crippen LogP contribution in [-0.2, 0) is 15.0 Å². The highest BCUT2D eigenvalue weighted by atomic mass is 35.5. The molecule has 7 heteroatoms. The van der Waals surface area contributed by atoms with Crippen LogP contribution in [0.4, 0.5) is 5.69 Å². The molecule has 34 heavy (non-hydrogen) atoms. The molecule has 1 aliphatic heterocycles. The van der Waals surface area contributed by atoms with E-state index in [9.17, 15) is 19.8 Å². The van der Waals surface area contributed by atoms with Gasteiger partial charge in [-0.2, -0.15) is 0 Å². The second-order valence-corrected chi connectivity index (χ2v) is 10.1. The zero-order chi connectivity index (χ0) is 24.8. The van der Waals surface area contributed by atoms with E-state index in [4.69, 9.17) is 23.2 Å². The summed E-state index contributed by atoms with van der Waals surface area (Å²) in [6.07, 6.45) is 0. The SMILES string of the molecule is CC(C)(C)c1ccc(C2/C(=C(\O)c3ccc(Cl)cc3)C(=O)C(=O)N2c2cc(Cl)ccc2O)cc1. The molecule has 5 nitrogen and oxygen atoms in total. The number of hydrogen-bond acceptors (Lipinski definition) is 4. The predicted octanol–water partition coefficient (Wildman–Crippen LogP) is 6.62. The molecule has 1 saturated heterocycles. The average molecular weight is 496 g/mol. The van der Waals surface area contributed by atoms with E-state index in [0.717, 1.165) is 5.56 Å². The second-order valence-electron chi connectivity index (χ2n) is 9.18.